The van der Waals surface area contributed by atoms with Crippen molar-refractivity contribution in [3.63, 3.8) is 0 Å². The molecule has 15 nitrogen and oxygen atoms in total. The van der Waals surface area contributed by atoms with Gasteiger partial charge >= 0.3 is 18.0 Å². The highest BCUT2D eigenvalue weighted by Gasteiger charge is 2.24. The number of anilines is 1. The van der Waals surface area contributed by atoms with Crippen LogP contribution in [0.2, 0.25) is 0 Å². The molecule has 0 radical (unpaired) electrons. The number of nitrogens with one attached hydrogen (secondary N) is 1. The summed E-state index contributed by atoms with van der Waals surface area (Å²) in [6, 6.07) is 5.92. The molecule has 0 fully saturated rings. The smallest absolute Gasteiger partial charge is 0.412 e. The van der Waals surface area contributed by atoms with Gasteiger partial charge in [0.2, 0.25) is 11.6 Å². The monoisotopic (exact) mass is 596 g/mol. The minimum atomic E-state index is -1.01. The predicted octanol–water partition coefficient (Wildman–Crippen LogP) is 4.36. The quantitative estimate of drug-likeness (QED) is 0.112. The van der Waals surface area contributed by atoms with Crippen LogP contribution in [0.1, 0.15) is 47.3 Å². The molecule has 43 heavy (non-hydrogen) atoms. The predicted molar refractivity (Wildman–Crippen MR) is 147 cm³/mol. The molecule has 1 N–H and O–H groups in total. The molecule has 2 heterocycles. The normalized spacial score (nSPS) is 10.7. The van der Waals surface area contributed by atoms with Gasteiger partial charge in [0.05, 0.1) is 59.0 Å². The minimum absolute atomic E-state index is 0.0237. The van der Waals surface area contributed by atoms with Gasteiger partial charge in [-0.25, -0.2) is 33.7 Å². The van der Waals surface area contributed by atoms with Crippen molar-refractivity contribution in [1.29, 1.82) is 0 Å². The van der Waals surface area contributed by atoms with Crippen LogP contribution in [0.5, 0.6) is 5.88 Å². The molecule has 4 rings (SSSR count). The van der Waals surface area contributed by atoms with E-state index in [-0.39, 0.29) is 77.4 Å². The van der Waals surface area contributed by atoms with Gasteiger partial charge in [0.15, 0.2) is 0 Å². The van der Waals surface area contributed by atoms with E-state index < -0.39 is 28.8 Å². The van der Waals surface area contributed by atoms with Crippen molar-refractivity contribution in [3.8, 4) is 11.6 Å². The summed E-state index contributed by atoms with van der Waals surface area (Å²) >= 11 is 0. The van der Waals surface area contributed by atoms with Crippen molar-refractivity contribution in [2.45, 2.75) is 27.4 Å². The molecule has 2 aromatic carbocycles. The van der Waals surface area contributed by atoms with Crippen LogP contribution in [0, 0.1) is 15.9 Å². The number of imidazole rings is 1. The molecule has 0 unspecified atom stereocenters. The standard InChI is InChI=1S/C27H25FN6O9/c1-4-40-24-23(26(36)42-6-3)30-19-10-21(22(34(38)39)11-20(19)31-24)33-12-16(29-14-33)13-43-27(37)32-18-8-7-15(9-17(18)28)25(35)41-5-2/h7-12,14H,4-6,13H2,1-3H3,(H,32,37). The number of nitro groups is 1. The highest BCUT2D eigenvalue weighted by atomic mass is 19.1. The number of nitrogens with zero attached hydrogens (tertiary/aromatic N) is 5. The molecule has 1 amide bonds. The number of benzene rings is 2. The first-order valence-electron chi connectivity index (χ1n) is 12.9. The van der Waals surface area contributed by atoms with Crippen molar-refractivity contribution in [2.24, 2.45) is 0 Å². The number of hydrogen-bond donors (Lipinski definition) is 1. The maximum Gasteiger partial charge on any atom is 0.412 e. The Labute approximate surface area is 242 Å². The molecule has 0 bridgehead atoms. The van der Waals surface area contributed by atoms with Crippen molar-refractivity contribution in [1.82, 2.24) is 19.5 Å². The lowest BCUT2D eigenvalue weighted by Gasteiger charge is -2.11. The van der Waals surface area contributed by atoms with Gasteiger partial charge in [-0.2, -0.15) is 0 Å². The van der Waals surface area contributed by atoms with E-state index in [1.807, 2.05) is 0 Å². The summed E-state index contributed by atoms with van der Waals surface area (Å²) in [6.45, 7) is 4.93. The van der Waals surface area contributed by atoms with Crippen LogP contribution >= 0.6 is 0 Å². The zero-order valence-corrected chi connectivity index (χ0v) is 23.2. The lowest BCUT2D eigenvalue weighted by atomic mass is 10.2. The van der Waals surface area contributed by atoms with E-state index in [0.717, 1.165) is 6.07 Å². The fraction of sp³-hybridized carbons (Fsp3) is 0.259. The van der Waals surface area contributed by atoms with E-state index in [4.69, 9.17) is 18.9 Å². The number of carbonyl (C=O) groups is 3. The van der Waals surface area contributed by atoms with Crippen molar-refractivity contribution < 1.29 is 42.6 Å². The van der Waals surface area contributed by atoms with Crippen LogP contribution in [0.4, 0.5) is 20.6 Å². The van der Waals surface area contributed by atoms with E-state index in [1.165, 1.54) is 41.4 Å². The molecular weight excluding hydrogens is 571 g/mol. The molecule has 0 aliphatic carbocycles. The van der Waals surface area contributed by atoms with E-state index in [9.17, 15) is 28.9 Å². The average molecular weight is 597 g/mol. The Morgan fingerprint density at radius 1 is 0.977 bits per heavy atom. The van der Waals surface area contributed by atoms with E-state index in [1.54, 1.807) is 20.8 Å². The molecule has 224 valence electrons. The first-order chi connectivity index (χ1) is 20.6. The molecule has 16 heteroatoms. The van der Waals surface area contributed by atoms with Crippen LogP contribution in [-0.2, 0) is 20.8 Å². The average Bonchev–Trinajstić information content (AvgIpc) is 3.45. The summed E-state index contributed by atoms with van der Waals surface area (Å²) in [5.41, 5.74) is -0.295. The number of esters is 2. The van der Waals surface area contributed by atoms with Gasteiger partial charge in [0.25, 0.3) is 5.69 Å². The van der Waals surface area contributed by atoms with Gasteiger partial charge in [-0.3, -0.25) is 20.0 Å². The number of halogens is 1. The zero-order chi connectivity index (χ0) is 31.1. The van der Waals surface area contributed by atoms with Gasteiger partial charge in [-0.1, -0.05) is 0 Å². The molecule has 2 aromatic heterocycles. The van der Waals surface area contributed by atoms with Gasteiger partial charge in [-0.05, 0) is 45.0 Å². The number of fused-ring (bicyclic) bond motifs is 1. The van der Waals surface area contributed by atoms with E-state index >= 15 is 0 Å². The largest absolute Gasteiger partial charge is 0.476 e. The third-order valence-electron chi connectivity index (χ3n) is 5.66. The SMILES string of the molecule is CCOC(=O)c1ccc(NC(=O)OCc2cn(-c3cc4nc(C(=O)OCC)c(OCC)nc4cc3[N+](=O)[O-])cn2)c(F)c1. The maximum atomic E-state index is 14.4. The summed E-state index contributed by atoms with van der Waals surface area (Å²) in [5.74, 6) is -2.47. The summed E-state index contributed by atoms with van der Waals surface area (Å²) in [6.07, 6.45) is 1.62. The number of carbonyl (C=O) groups excluding carboxylic acids is 3. The molecular formula is C27H25FN6O9. The number of nitro benzene ring substituents is 1. The number of amides is 1. The Hall–Kier alpha value is -5.67. The minimum Gasteiger partial charge on any atom is -0.476 e. The Kier molecular flexibility index (Phi) is 9.39. The zero-order valence-electron chi connectivity index (χ0n) is 23.2. The van der Waals surface area contributed by atoms with E-state index in [0.29, 0.717) is 0 Å². The maximum absolute atomic E-state index is 14.4. The van der Waals surface area contributed by atoms with Gasteiger partial charge in [0.1, 0.15) is 18.1 Å². The third kappa shape index (κ3) is 6.98. The molecule has 0 atom stereocenters. The van der Waals surface area contributed by atoms with Crippen LogP contribution in [0.25, 0.3) is 16.7 Å². The fourth-order valence-electron chi connectivity index (χ4n) is 3.80. The Morgan fingerprint density at radius 2 is 1.70 bits per heavy atom. The molecule has 0 saturated carbocycles. The van der Waals surface area contributed by atoms with Crippen LogP contribution in [-0.4, -0.2) is 62.3 Å². The van der Waals surface area contributed by atoms with Crippen LogP contribution < -0.4 is 10.1 Å². The van der Waals surface area contributed by atoms with Gasteiger partial charge in [0, 0.05) is 12.3 Å². The third-order valence-corrected chi connectivity index (χ3v) is 5.66. The molecule has 4 aromatic rings. The van der Waals surface area contributed by atoms with Crippen molar-refractivity contribution in [3.05, 3.63) is 75.7 Å². The number of ether oxygens (including phenoxy) is 4. The fourth-order valence-corrected chi connectivity index (χ4v) is 3.80. The number of rotatable bonds is 11. The summed E-state index contributed by atoms with van der Waals surface area (Å²) in [4.78, 5) is 60.3. The second-order valence-electron chi connectivity index (χ2n) is 8.51. The Morgan fingerprint density at radius 3 is 2.37 bits per heavy atom. The van der Waals surface area contributed by atoms with Crippen molar-refractivity contribution >= 4 is 40.4 Å². The summed E-state index contributed by atoms with van der Waals surface area (Å²) < 4.78 is 36.0. The highest BCUT2D eigenvalue weighted by molar-refractivity contribution is 5.93. The molecule has 0 aliphatic rings. The van der Waals surface area contributed by atoms with Gasteiger partial charge < -0.3 is 18.9 Å². The molecule has 0 aliphatic heterocycles. The first kappa shape index (κ1) is 30.3. The molecule has 0 saturated heterocycles. The van der Waals surface area contributed by atoms with Crippen molar-refractivity contribution in [2.75, 3.05) is 25.1 Å². The lowest BCUT2D eigenvalue weighted by molar-refractivity contribution is -0.384. The van der Waals surface area contributed by atoms with Gasteiger partial charge in [-0.15, -0.1) is 0 Å². The second-order valence-corrected chi connectivity index (χ2v) is 8.51. The second kappa shape index (κ2) is 13.3. The number of hydrogen-bond acceptors (Lipinski definition) is 12. The highest BCUT2D eigenvalue weighted by Crippen LogP contribution is 2.30. The van der Waals surface area contributed by atoms with Crippen LogP contribution in [0.3, 0.4) is 0 Å². The van der Waals surface area contributed by atoms with E-state index in [2.05, 4.69) is 20.3 Å². The summed E-state index contributed by atoms with van der Waals surface area (Å²) in [7, 11) is 0. The lowest BCUT2D eigenvalue weighted by Crippen LogP contribution is -2.15. The Bertz CT molecular complexity index is 1710. The topological polar surface area (TPSA) is 187 Å². The first-order valence-corrected chi connectivity index (χ1v) is 12.9. The van der Waals surface area contributed by atoms with Crippen LogP contribution in [0.15, 0.2) is 42.9 Å². The summed E-state index contributed by atoms with van der Waals surface area (Å²) in [5, 5.41) is 14.1. The molecule has 0 spiro atoms. The number of aromatic nitrogens is 4. The Balaban J connectivity index is 1.54.